The Kier molecular flexibility index (Phi) is 4.40. The van der Waals surface area contributed by atoms with Gasteiger partial charge in [0.05, 0.1) is 13.2 Å². The van der Waals surface area contributed by atoms with E-state index in [1.165, 1.54) is 0 Å². The Labute approximate surface area is 147 Å². The number of rotatable bonds is 2. The lowest BCUT2D eigenvalue weighted by Crippen LogP contribution is -2.49. The fourth-order valence-corrected chi connectivity index (χ4v) is 3.74. The second kappa shape index (κ2) is 6.84. The van der Waals surface area contributed by atoms with Gasteiger partial charge in [0.25, 0.3) is 5.91 Å². The summed E-state index contributed by atoms with van der Waals surface area (Å²) in [5.41, 5.74) is 0.717. The molecule has 132 valence electrons. The van der Waals surface area contributed by atoms with Gasteiger partial charge in [0.1, 0.15) is 5.69 Å². The number of hydrogen-bond acceptors (Lipinski definition) is 5. The molecule has 0 saturated carbocycles. The summed E-state index contributed by atoms with van der Waals surface area (Å²) in [7, 11) is 0. The van der Waals surface area contributed by atoms with Gasteiger partial charge in [0.15, 0.2) is 0 Å². The third-order valence-corrected chi connectivity index (χ3v) is 5.21. The molecule has 7 heteroatoms. The van der Waals surface area contributed by atoms with Crippen LogP contribution in [0.2, 0.25) is 0 Å². The van der Waals surface area contributed by atoms with Crippen molar-refractivity contribution in [2.75, 3.05) is 44.3 Å². The van der Waals surface area contributed by atoms with Gasteiger partial charge in [-0.3, -0.25) is 4.79 Å². The summed E-state index contributed by atoms with van der Waals surface area (Å²) in [6.07, 6.45) is 7.21. The molecule has 2 fully saturated rings. The second-order valence-corrected chi connectivity index (χ2v) is 6.90. The Hall–Kier alpha value is -2.41. The number of H-pyrrole nitrogens is 1. The van der Waals surface area contributed by atoms with Crippen molar-refractivity contribution in [1.29, 1.82) is 0 Å². The molecule has 2 saturated heterocycles. The van der Waals surface area contributed by atoms with E-state index in [1.807, 2.05) is 23.1 Å². The normalized spacial score (nSPS) is 20.5. The first-order chi connectivity index (χ1) is 12.3. The highest BCUT2D eigenvalue weighted by atomic mass is 16.5. The van der Waals surface area contributed by atoms with E-state index >= 15 is 0 Å². The molecular weight excluding hydrogens is 318 g/mol. The van der Waals surface area contributed by atoms with E-state index in [2.05, 4.69) is 19.9 Å². The molecule has 0 aliphatic carbocycles. The number of carbonyl (C=O) groups excluding carboxylic acids is 1. The van der Waals surface area contributed by atoms with Crippen LogP contribution < -0.4 is 4.90 Å². The van der Waals surface area contributed by atoms with Crippen LogP contribution in [-0.4, -0.2) is 65.2 Å². The lowest BCUT2D eigenvalue weighted by molar-refractivity contribution is 0.0205. The molecule has 1 amide bonds. The quantitative estimate of drug-likeness (QED) is 0.897. The third-order valence-electron chi connectivity index (χ3n) is 5.21. The molecule has 2 aromatic rings. The SMILES string of the molecule is O=C(c1ccc[nH]1)N1CCC2(CC1)COCCN(c1ncccn1)C2. The van der Waals surface area contributed by atoms with E-state index in [9.17, 15) is 4.79 Å². The van der Waals surface area contributed by atoms with Gasteiger partial charge < -0.3 is 19.5 Å². The Morgan fingerprint density at radius 3 is 2.68 bits per heavy atom. The average Bonchev–Trinajstić information content (AvgIpc) is 3.12. The van der Waals surface area contributed by atoms with Gasteiger partial charge >= 0.3 is 0 Å². The van der Waals surface area contributed by atoms with Crippen molar-refractivity contribution in [3.05, 3.63) is 42.5 Å². The fraction of sp³-hybridized carbons (Fsp3) is 0.500. The minimum absolute atomic E-state index is 0.0578. The van der Waals surface area contributed by atoms with Crippen LogP contribution in [0.25, 0.3) is 0 Å². The van der Waals surface area contributed by atoms with Crippen molar-refractivity contribution in [2.45, 2.75) is 12.8 Å². The molecule has 2 aliphatic rings. The lowest BCUT2D eigenvalue weighted by atomic mass is 9.78. The van der Waals surface area contributed by atoms with Crippen LogP contribution in [0, 0.1) is 5.41 Å². The number of aromatic nitrogens is 3. The number of nitrogens with zero attached hydrogens (tertiary/aromatic N) is 4. The first-order valence-electron chi connectivity index (χ1n) is 8.78. The molecule has 0 unspecified atom stereocenters. The van der Waals surface area contributed by atoms with Gasteiger partial charge in [0.2, 0.25) is 5.95 Å². The molecule has 1 N–H and O–H groups in total. The largest absolute Gasteiger partial charge is 0.379 e. The van der Waals surface area contributed by atoms with Crippen molar-refractivity contribution >= 4 is 11.9 Å². The van der Waals surface area contributed by atoms with Gasteiger partial charge in [-0.1, -0.05) is 0 Å². The summed E-state index contributed by atoms with van der Waals surface area (Å²) >= 11 is 0. The van der Waals surface area contributed by atoms with Gasteiger partial charge in [-0.05, 0) is 31.0 Å². The predicted octanol–water partition coefficient (Wildman–Crippen LogP) is 1.56. The van der Waals surface area contributed by atoms with E-state index in [0.717, 1.165) is 51.6 Å². The van der Waals surface area contributed by atoms with Crippen LogP contribution >= 0.6 is 0 Å². The standard InChI is InChI=1S/C18H23N5O2/c24-16(15-3-1-6-19-15)22-9-4-18(5-10-22)13-23(11-12-25-14-18)17-20-7-2-8-21-17/h1-3,6-8,19H,4-5,9-14H2. The summed E-state index contributed by atoms with van der Waals surface area (Å²) in [5.74, 6) is 0.843. The van der Waals surface area contributed by atoms with E-state index < -0.39 is 0 Å². The fourth-order valence-electron chi connectivity index (χ4n) is 3.74. The zero-order chi connectivity index (χ0) is 17.1. The van der Waals surface area contributed by atoms with E-state index in [1.54, 1.807) is 18.6 Å². The van der Waals surface area contributed by atoms with Crippen molar-refractivity contribution in [3.63, 3.8) is 0 Å². The first kappa shape index (κ1) is 16.1. The number of hydrogen-bond donors (Lipinski definition) is 1. The molecule has 4 heterocycles. The van der Waals surface area contributed by atoms with E-state index in [0.29, 0.717) is 12.3 Å². The molecule has 7 nitrogen and oxygen atoms in total. The summed E-state index contributed by atoms with van der Waals surface area (Å²) in [6.45, 7) is 4.61. The van der Waals surface area contributed by atoms with Crippen molar-refractivity contribution in [3.8, 4) is 0 Å². The maximum absolute atomic E-state index is 12.5. The third kappa shape index (κ3) is 3.37. The highest BCUT2D eigenvalue weighted by Gasteiger charge is 2.39. The molecule has 0 aromatic carbocycles. The Morgan fingerprint density at radius 1 is 1.16 bits per heavy atom. The number of piperidine rings is 1. The number of ether oxygens (including phenoxy) is 1. The number of nitrogens with one attached hydrogen (secondary N) is 1. The van der Waals surface area contributed by atoms with E-state index in [4.69, 9.17) is 4.74 Å². The summed E-state index contributed by atoms with van der Waals surface area (Å²) in [4.78, 5) is 28.5. The van der Waals surface area contributed by atoms with Crippen LogP contribution in [0.15, 0.2) is 36.8 Å². The van der Waals surface area contributed by atoms with E-state index in [-0.39, 0.29) is 11.3 Å². The van der Waals surface area contributed by atoms with Crippen molar-refractivity contribution < 1.29 is 9.53 Å². The zero-order valence-electron chi connectivity index (χ0n) is 14.2. The number of likely N-dealkylation sites (tertiary alicyclic amines) is 1. The van der Waals surface area contributed by atoms with Crippen LogP contribution in [0.3, 0.4) is 0 Å². The number of aromatic amines is 1. The Bertz CT molecular complexity index is 696. The minimum atomic E-state index is 0.0578. The van der Waals surface area contributed by atoms with Crippen molar-refractivity contribution in [1.82, 2.24) is 19.9 Å². The van der Waals surface area contributed by atoms with Gasteiger partial charge in [-0.15, -0.1) is 0 Å². The van der Waals surface area contributed by atoms with Crippen LogP contribution in [-0.2, 0) is 4.74 Å². The van der Waals surface area contributed by atoms with Crippen LogP contribution in [0.4, 0.5) is 5.95 Å². The minimum Gasteiger partial charge on any atom is -0.379 e. The zero-order valence-corrected chi connectivity index (χ0v) is 14.2. The highest BCUT2D eigenvalue weighted by molar-refractivity contribution is 5.92. The number of carbonyl (C=O) groups is 1. The number of anilines is 1. The first-order valence-corrected chi connectivity index (χ1v) is 8.78. The molecule has 0 bridgehead atoms. The second-order valence-electron chi connectivity index (χ2n) is 6.90. The van der Waals surface area contributed by atoms with Gasteiger partial charge in [-0.2, -0.15) is 0 Å². The lowest BCUT2D eigenvalue weighted by Gasteiger charge is -2.42. The molecule has 2 aromatic heterocycles. The van der Waals surface area contributed by atoms with Crippen molar-refractivity contribution in [2.24, 2.45) is 5.41 Å². The molecule has 0 atom stereocenters. The van der Waals surface area contributed by atoms with Gasteiger partial charge in [0, 0.05) is 50.2 Å². The molecule has 4 rings (SSSR count). The average molecular weight is 341 g/mol. The topological polar surface area (TPSA) is 74.3 Å². The monoisotopic (exact) mass is 341 g/mol. The molecule has 25 heavy (non-hydrogen) atoms. The maximum atomic E-state index is 12.5. The molecule has 1 spiro atoms. The highest BCUT2D eigenvalue weighted by Crippen LogP contribution is 2.35. The van der Waals surface area contributed by atoms with Crippen LogP contribution in [0.5, 0.6) is 0 Å². The Balaban J connectivity index is 1.44. The smallest absolute Gasteiger partial charge is 0.270 e. The Morgan fingerprint density at radius 2 is 1.96 bits per heavy atom. The molecule has 0 radical (unpaired) electrons. The summed E-state index contributed by atoms with van der Waals surface area (Å²) in [6, 6.07) is 5.52. The number of amides is 1. The van der Waals surface area contributed by atoms with Gasteiger partial charge in [-0.25, -0.2) is 9.97 Å². The molecular formula is C18H23N5O2. The molecule has 2 aliphatic heterocycles. The summed E-state index contributed by atoms with van der Waals surface area (Å²) in [5, 5.41) is 0. The summed E-state index contributed by atoms with van der Waals surface area (Å²) < 4.78 is 5.90. The van der Waals surface area contributed by atoms with Crippen LogP contribution in [0.1, 0.15) is 23.3 Å². The maximum Gasteiger partial charge on any atom is 0.270 e. The predicted molar refractivity (Wildman–Crippen MR) is 93.4 cm³/mol.